The number of fused-ring (bicyclic) bond motifs is 3. The summed E-state index contributed by atoms with van der Waals surface area (Å²) in [5.41, 5.74) is 1.45. The van der Waals surface area contributed by atoms with Crippen LogP contribution in [0.4, 0.5) is 0 Å². The molecular weight excluding hydrogens is 288 g/mol. The van der Waals surface area contributed by atoms with Crippen LogP contribution in [0, 0.1) is 11.3 Å². The number of Topliss-reactive ketones (excluding diaryl/α,β-unsaturated/α-hetero) is 1. The van der Waals surface area contributed by atoms with E-state index in [0.717, 1.165) is 36.0 Å². The molecule has 3 nitrogen and oxygen atoms in total. The van der Waals surface area contributed by atoms with E-state index < -0.39 is 5.60 Å². The maximum absolute atomic E-state index is 12.8. The largest absolute Gasteiger partial charge is 0.396 e. The van der Waals surface area contributed by atoms with Gasteiger partial charge in [-0.3, -0.25) is 4.79 Å². The van der Waals surface area contributed by atoms with Gasteiger partial charge in [-0.25, -0.2) is 0 Å². The van der Waals surface area contributed by atoms with Crippen LogP contribution in [0.15, 0.2) is 18.2 Å². The lowest BCUT2D eigenvalue weighted by atomic mass is 9.50. The zero-order chi connectivity index (χ0) is 17.0. The summed E-state index contributed by atoms with van der Waals surface area (Å²) in [5.74, 6) is 0.330. The van der Waals surface area contributed by atoms with Crippen molar-refractivity contribution in [2.45, 2.75) is 64.4 Å². The Labute approximate surface area is 138 Å². The average Bonchev–Trinajstić information content (AvgIpc) is 2.49. The highest BCUT2D eigenvalue weighted by molar-refractivity contribution is 5.99. The molecule has 3 atom stereocenters. The number of aliphatic hydroxyl groups excluding tert-OH is 1. The van der Waals surface area contributed by atoms with E-state index >= 15 is 0 Å². The second-order valence-corrected chi connectivity index (χ2v) is 8.58. The highest BCUT2D eigenvalue weighted by Gasteiger charge is 2.53. The molecule has 1 aromatic rings. The quantitative estimate of drug-likeness (QED) is 0.877. The van der Waals surface area contributed by atoms with E-state index in [1.807, 2.05) is 18.2 Å². The van der Waals surface area contributed by atoms with Crippen LogP contribution in [0.1, 0.15) is 74.9 Å². The summed E-state index contributed by atoms with van der Waals surface area (Å²) in [4.78, 5) is 12.8. The van der Waals surface area contributed by atoms with Gasteiger partial charge >= 0.3 is 0 Å². The van der Waals surface area contributed by atoms with Gasteiger partial charge in [-0.2, -0.15) is 0 Å². The fourth-order valence-electron chi connectivity index (χ4n) is 4.91. The monoisotopic (exact) mass is 316 g/mol. The van der Waals surface area contributed by atoms with Gasteiger partial charge in [0.2, 0.25) is 0 Å². The number of aliphatic hydroxyl groups is 2. The van der Waals surface area contributed by atoms with E-state index in [1.54, 1.807) is 13.8 Å². The van der Waals surface area contributed by atoms with Crippen molar-refractivity contribution in [3.8, 4) is 0 Å². The van der Waals surface area contributed by atoms with Gasteiger partial charge in [0.05, 0.1) is 5.60 Å². The van der Waals surface area contributed by atoms with Crippen molar-refractivity contribution in [2.24, 2.45) is 11.3 Å². The van der Waals surface area contributed by atoms with Crippen LogP contribution in [-0.4, -0.2) is 22.6 Å². The number of benzene rings is 1. The minimum atomic E-state index is -0.945. The van der Waals surface area contributed by atoms with Gasteiger partial charge in [0, 0.05) is 18.6 Å². The highest BCUT2D eigenvalue weighted by Crippen LogP contribution is 2.57. The molecule has 0 aliphatic heterocycles. The molecule has 0 amide bonds. The fourth-order valence-corrected chi connectivity index (χ4v) is 4.91. The number of carbonyl (C=O) groups excluding carboxylic acids is 1. The normalized spacial score (nSPS) is 34.0. The zero-order valence-electron chi connectivity index (χ0n) is 14.6. The van der Waals surface area contributed by atoms with E-state index in [0.29, 0.717) is 6.42 Å². The smallest absolute Gasteiger partial charge is 0.163 e. The Balaban J connectivity index is 2.14. The first-order chi connectivity index (χ1) is 10.6. The standard InChI is InChI=1S/C20H28O3/c1-18(2,23)13-6-7-15-14(10-13)16(22)11-17-19(3,12-21)8-5-9-20(15,17)4/h6-7,10,17,21,23H,5,8-9,11-12H2,1-4H3/t17-,19-,20+/m1/s1. The first-order valence-corrected chi connectivity index (χ1v) is 8.63. The molecule has 0 aromatic heterocycles. The first kappa shape index (κ1) is 16.7. The predicted octanol–water partition coefficient (Wildman–Crippen LogP) is 3.56. The van der Waals surface area contributed by atoms with Gasteiger partial charge in [-0.05, 0) is 60.6 Å². The molecule has 0 saturated heterocycles. The first-order valence-electron chi connectivity index (χ1n) is 8.63. The number of hydrogen-bond donors (Lipinski definition) is 2. The summed E-state index contributed by atoms with van der Waals surface area (Å²) in [6.45, 7) is 8.00. The highest BCUT2D eigenvalue weighted by atomic mass is 16.3. The average molecular weight is 316 g/mol. The molecule has 3 rings (SSSR count). The Morgan fingerprint density at radius 1 is 1.26 bits per heavy atom. The van der Waals surface area contributed by atoms with Crippen LogP contribution in [0.25, 0.3) is 0 Å². The van der Waals surface area contributed by atoms with Gasteiger partial charge in [0.15, 0.2) is 5.78 Å². The molecule has 0 heterocycles. The minimum absolute atomic E-state index is 0.0723. The Bertz CT molecular complexity index is 643. The van der Waals surface area contributed by atoms with Crippen LogP contribution in [0.2, 0.25) is 0 Å². The van der Waals surface area contributed by atoms with Crippen molar-refractivity contribution in [1.29, 1.82) is 0 Å². The lowest BCUT2D eigenvalue weighted by molar-refractivity contribution is -0.0142. The van der Waals surface area contributed by atoms with Crippen molar-refractivity contribution >= 4 is 5.78 Å². The molecule has 2 aliphatic carbocycles. The molecule has 0 bridgehead atoms. The second kappa shape index (κ2) is 5.15. The topological polar surface area (TPSA) is 57.5 Å². The molecule has 2 N–H and O–H groups in total. The van der Waals surface area contributed by atoms with Crippen LogP contribution < -0.4 is 0 Å². The van der Waals surface area contributed by atoms with E-state index in [-0.39, 0.29) is 29.1 Å². The zero-order valence-corrected chi connectivity index (χ0v) is 14.6. The lowest BCUT2D eigenvalue weighted by Gasteiger charge is -2.54. The summed E-state index contributed by atoms with van der Waals surface area (Å²) in [6, 6.07) is 5.87. The number of carbonyl (C=O) groups is 1. The third-order valence-electron chi connectivity index (χ3n) is 6.45. The summed E-state index contributed by atoms with van der Waals surface area (Å²) in [7, 11) is 0. The van der Waals surface area contributed by atoms with Gasteiger partial charge in [0.25, 0.3) is 0 Å². The predicted molar refractivity (Wildman–Crippen MR) is 90.5 cm³/mol. The van der Waals surface area contributed by atoms with Crippen molar-refractivity contribution in [1.82, 2.24) is 0 Å². The Morgan fingerprint density at radius 2 is 1.96 bits per heavy atom. The number of rotatable bonds is 2. The molecule has 3 heteroatoms. The molecule has 23 heavy (non-hydrogen) atoms. The summed E-state index contributed by atoms with van der Waals surface area (Å²) >= 11 is 0. The third-order valence-corrected chi connectivity index (χ3v) is 6.45. The second-order valence-electron chi connectivity index (χ2n) is 8.58. The van der Waals surface area contributed by atoms with Crippen molar-refractivity contribution in [3.05, 3.63) is 34.9 Å². The molecule has 1 fully saturated rings. The van der Waals surface area contributed by atoms with Crippen molar-refractivity contribution in [3.63, 3.8) is 0 Å². The Hall–Kier alpha value is -1.19. The van der Waals surface area contributed by atoms with E-state index in [1.165, 1.54) is 0 Å². The molecule has 126 valence electrons. The summed E-state index contributed by atoms with van der Waals surface area (Å²) in [5, 5.41) is 20.2. The van der Waals surface area contributed by atoms with Crippen LogP contribution in [-0.2, 0) is 11.0 Å². The SMILES string of the molecule is CC(C)(O)c1ccc2c(c1)C(=O)C[C@@H]1[C@@](C)(CO)CCC[C@@]21C. The fraction of sp³-hybridized carbons (Fsp3) is 0.650. The lowest BCUT2D eigenvalue weighted by Crippen LogP contribution is -2.51. The van der Waals surface area contributed by atoms with E-state index in [2.05, 4.69) is 13.8 Å². The maximum atomic E-state index is 12.8. The summed E-state index contributed by atoms with van der Waals surface area (Å²) in [6.07, 6.45) is 3.60. The molecule has 1 aromatic carbocycles. The van der Waals surface area contributed by atoms with Gasteiger partial charge in [-0.1, -0.05) is 32.4 Å². The summed E-state index contributed by atoms with van der Waals surface area (Å²) < 4.78 is 0. The molecule has 0 radical (unpaired) electrons. The third kappa shape index (κ3) is 2.45. The van der Waals surface area contributed by atoms with Gasteiger partial charge in [-0.15, -0.1) is 0 Å². The van der Waals surface area contributed by atoms with Crippen LogP contribution >= 0.6 is 0 Å². The van der Waals surface area contributed by atoms with Crippen LogP contribution in [0.3, 0.4) is 0 Å². The Kier molecular flexibility index (Phi) is 3.73. The Morgan fingerprint density at radius 3 is 2.57 bits per heavy atom. The minimum Gasteiger partial charge on any atom is -0.396 e. The number of ketones is 1. The van der Waals surface area contributed by atoms with Gasteiger partial charge in [0.1, 0.15) is 0 Å². The molecule has 2 aliphatic rings. The van der Waals surface area contributed by atoms with E-state index in [9.17, 15) is 15.0 Å². The molecule has 0 spiro atoms. The number of hydrogen-bond acceptors (Lipinski definition) is 3. The molecule has 1 saturated carbocycles. The maximum Gasteiger partial charge on any atom is 0.163 e. The van der Waals surface area contributed by atoms with Crippen molar-refractivity contribution < 1.29 is 15.0 Å². The van der Waals surface area contributed by atoms with Gasteiger partial charge < -0.3 is 10.2 Å². The molecule has 0 unspecified atom stereocenters. The van der Waals surface area contributed by atoms with E-state index in [4.69, 9.17) is 0 Å². The van der Waals surface area contributed by atoms with Crippen LogP contribution in [0.5, 0.6) is 0 Å². The molecular formula is C20H28O3. The van der Waals surface area contributed by atoms with Crippen molar-refractivity contribution in [2.75, 3.05) is 6.61 Å².